The smallest absolute Gasteiger partial charge is 0.202 e. The Morgan fingerprint density at radius 3 is 2.54 bits per heavy atom. The second kappa shape index (κ2) is 7.18. The summed E-state index contributed by atoms with van der Waals surface area (Å²) in [6.07, 6.45) is 1.02. The molecule has 0 amide bonds. The van der Waals surface area contributed by atoms with Gasteiger partial charge in [-0.1, -0.05) is 55.5 Å². The molecule has 0 radical (unpaired) electrons. The number of guanidine groups is 1. The summed E-state index contributed by atoms with van der Waals surface area (Å²) in [6, 6.07) is 23.2. The lowest BCUT2D eigenvalue weighted by molar-refractivity contribution is 1.13. The number of hydrogen-bond donors (Lipinski definition) is 1. The third kappa shape index (κ3) is 3.25. The second-order valence-corrected chi connectivity index (χ2v) is 5.78. The molecular weight excluding hydrogens is 294 g/mol. The summed E-state index contributed by atoms with van der Waals surface area (Å²) in [5, 5.41) is 5.89. The number of rotatable bonds is 3. The van der Waals surface area contributed by atoms with Crippen molar-refractivity contribution in [2.45, 2.75) is 13.3 Å². The molecule has 0 spiro atoms. The van der Waals surface area contributed by atoms with Crippen LogP contribution in [0.4, 0.5) is 11.4 Å². The molecule has 0 aliphatic carbocycles. The minimum atomic E-state index is 0.819. The van der Waals surface area contributed by atoms with Crippen molar-refractivity contribution in [3.8, 4) is 0 Å². The highest BCUT2D eigenvalue weighted by molar-refractivity contribution is 6.09. The fraction of sp³-hybridized carbons (Fsp3) is 0.190. The van der Waals surface area contributed by atoms with E-state index >= 15 is 0 Å². The zero-order valence-corrected chi connectivity index (χ0v) is 14.5. The Bertz CT molecular complexity index is 862. The molecule has 0 aromatic heterocycles. The molecule has 24 heavy (non-hydrogen) atoms. The summed E-state index contributed by atoms with van der Waals surface area (Å²) >= 11 is 0. The first-order valence-electron chi connectivity index (χ1n) is 8.27. The van der Waals surface area contributed by atoms with Gasteiger partial charge in [0.2, 0.25) is 5.96 Å². The van der Waals surface area contributed by atoms with Gasteiger partial charge < -0.3 is 10.2 Å². The zero-order chi connectivity index (χ0) is 16.9. The molecule has 0 heterocycles. The van der Waals surface area contributed by atoms with Gasteiger partial charge in [0.05, 0.1) is 0 Å². The van der Waals surface area contributed by atoms with Gasteiger partial charge in [0.15, 0.2) is 0 Å². The van der Waals surface area contributed by atoms with Gasteiger partial charge in [-0.15, -0.1) is 0 Å². The molecule has 3 rings (SSSR count). The minimum absolute atomic E-state index is 0.819. The maximum Gasteiger partial charge on any atom is 0.202 e. The van der Waals surface area contributed by atoms with Crippen LogP contribution in [-0.2, 0) is 6.42 Å². The van der Waals surface area contributed by atoms with Crippen molar-refractivity contribution < 1.29 is 0 Å². The Kier molecular flexibility index (Phi) is 4.80. The normalized spacial score (nSPS) is 11.5. The molecular formula is C21H23N3. The molecule has 0 aliphatic rings. The summed E-state index contributed by atoms with van der Waals surface area (Å²) < 4.78 is 0. The first-order valence-corrected chi connectivity index (χ1v) is 8.27. The molecule has 0 bridgehead atoms. The minimum Gasteiger partial charge on any atom is -0.325 e. The van der Waals surface area contributed by atoms with E-state index in [0.717, 1.165) is 23.8 Å². The van der Waals surface area contributed by atoms with Gasteiger partial charge in [-0.2, -0.15) is 0 Å². The van der Waals surface area contributed by atoms with Crippen LogP contribution in [0.2, 0.25) is 0 Å². The summed E-state index contributed by atoms with van der Waals surface area (Å²) in [7, 11) is 3.85. The predicted octanol–water partition coefficient (Wildman–Crippen LogP) is 4.94. The van der Waals surface area contributed by atoms with E-state index in [1.165, 1.54) is 16.3 Å². The van der Waals surface area contributed by atoms with E-state index in [1.807, 2.05) is 14.1 Å². The quantitative estimate of drug-likeness (QED) is 0.547. The number of fused-ring (bicyclic) bond motifs is 1. The summed E-state index contributed by atoms with van der Waals surface area (Å²) in [6.45, 7) is 2.17. The average Bonchev–Trinajstić information content (AvgIpc) is 2.65. The largest absolute Gasteiger partial charge is 0.325 e. The van der Waals surface area contributed by atoms with Crippen LogP contribution < -0.4 is 10.2 Å². The van der Waals surface area contributed by atoms with Crippen molar-refractivity contribution in [2.75, 3.05) is 24.3 Å². The fourth-order valence-electron chi connectivity index (χ4n) is 2.85. The molecule has 0 saturated carbocycles. The van der Waals surface area contributed by atoms with Crippen molar-refractivity contribution in [3.05, 3.63) is 72.3 Å². The summed E-state index contributed by atoms with van der Waals surface area (Å²) in [4.78, 5) is 6.54. The number of aliphatic imine (C=N–C) groups is 1. The standard InChI is InChI=1S/C21H23N3/c1-4-16-9-7-12-18(15-16)24(3)21(22-2)23-20-14-8-11-17-10-5-6-13-19(17)20/h5-15H,4H2,1-3H3,(H,22,23). The molecule has 0 unspecified atom stereocenters. The molecule has 3 aromatic carbocycles. The predicted molar refractivity (Wildman–Crippen MR) is 105 cm³/mol. The van der Waals surface area contributed by atoms with Crippen molar-refractivity contribution in [1.82, 2.24) is 0 Å². The maximum atomic E-state index is 4.45. The van der Waals surface area contributed by atoms with Gasteiger partial charge in [-0.05, 0) is 35.6 Å². The van der Waals surface area contributed by atoms with Crippen molar-refractivity contribution in [2.24, 2.45) is 4.99 Å². The molecule has 0 saturated heterocycles. The van der Waals surface area contributed by atoms with Crippen LogP contribution in [0.1, 0.15) is 12.5 Å². The third-order valence-corrected chi connectivity index (χ3v) is 4.27. The van der Waals surface area contributed by atoms with Crippen LogP contribution in [0, 0.1) is 0 Å². The Morgan fingerprint density at radius 2 is 1.75 bits per heavy atom. The van der Waals surface area contributed by atoms with Crippen molar-refractivity contribution >= 4 is 28.1 Å². The summed E-state index contributed by atoms with van der Waals surface area (Å²) in [5.41, 5.74) is 3.51. The lowest BCUT2D eigenvalue weighted by atomic mass is 10.1. The van der Waals surface area contributed by atoms with Crippen LogP contribution in [0.3, 0.4) is 0 Å². The summed E-state index contributed by atoms with van der Waals surface area (Å²) in [5.74, 6) is 0.819. The first-order chi connectivity index (χ1) is 11.7. The monoisotopic (exact) mass is 317 g/mol. The zero-order valence-electron chi connectivity index (χ0n) is 14.5. The van der Waals surface area contributed by atoms with Gasteiger partial charge in [-0.25, -0.2) is 0 Å². The lowest BCUT2D eigenvalue weighted by Crippen LogP contribution is -2.33. The molecule has 0 atom stereocenters. The lowest BCUT2D eigenvalue weighted by Gasteiger charge is -2.23. The first kappa shape index (κ1) is 16.1. The fourth-order valence-corrected chi connectivity index (χ4v) is 2.85. The van der Waals surface area contributed by atoms with Crippen LogP contribution in [0.25, 0.3) is 10.8 Å². The Hall–Kier alpha value is -2.81. The van der Waals surface area contributed by atoms with Gasteiger partial charge in [0, 0.05) is 30.9 Å². The molecule has 0 fully saturated rings. The van der Waals surface area contributed by atoms with Crippen molar-refractivity contribution in [3.63, 3.8) is 0 Å². The van der Waals surface area contributed by atoms with Crippen LogP contribution in [-0.4, -0.2) is 20.1 Å². The molecule has 1 N–H and O–H groups in total. The Morgan fingerprint density at radius 1 is 1.00 bits per heavy atom. The van der Waals surface area contributed by atoms with Crippen molar-refractivity contribution in [1.29, 1.82) is 0 Å². The molecule has 3 aromatic rings. The van der Waals surface area contributed by atoms with E-state index in [4.69, 9.17) is 0 Å². The van der Waals surface area contributed by atoms with Crippen LogP contribution >= 0.6 is 0 Å². The van der Waals surface area contributed by atoms with Crippen LogP contribution in [0.15, 0.2) is 71.7 Å². The van der Waals surface area contributed by atoms with Crippen LogP contribution in [0.5, 0.6) is 0 Å². The highest BCUT2D eigenvalue weighted by Crippen LogP contribution is 2.24. The number of benzene rings is 3. The molecule has 3 heteroatoms. The molecule has 0 aliphatic heterocycles. The number of aryl methyl sites for hydroxylation is 1. The van der Waals surface area contributed by atoms with E-state index in [-0.39, 0.29) is 0 Å². The average molecular weight is 317 g/mol. The van der Waals surface area contributed by atoms with E-state index < -0.39 is 0 Å². The number of anilines is 2. The molecule has 122 valence electrons. The highest BCUT2D eigenvalue weighted by atomic mass is 15.3. The number of nitrogens with zero attached hydrogens (tertiary/aromatic N) is 2. The van der Waals surface area contributed by atoms with Gasteiger partial charge in [-0.3, -0.25) is 4.99 Å². The van der Waals surface area contributed by atoms with E-state index in [0.29, 0.717) is 0 Å². The molecule has 3 nitrogen and oxygen atoms in total. The second-order valence-electron chi connectivity index (χ2n) is 5.78. The third-order valence-electron chi connectivity index (χ3n) is 4.27. The maximum absolute atomic E-state index is 4.45. The Balaban J connectivity index is 1.91. The topological polar surface area (TPSA) is 27.6 Å². The van der Waals surface area contributed by atoms with Gasteiger partial charge in [0.25, 0.3) is 0 Å². The highest BCUT2D eigenvalue weighted by Gasteiger charge is 2.10. The van der Waals surface area contributed by atoms with E-state index in [2.05, 4.69) is 88.9 Å². The number of hydrogen-bond acceptors (Lipinski definition) is 1. The van der Waals surface area contributed by atoms with E-state index in [9.17, 15) is 0 Å². The Labute approximate surface area is 143 Å². The SMILES string of the molecule is CCc1cccc(N(C)C(=NC)Nc2cccc3ccccc23)c1. The number of nitrogens with one attached hydrogen (secondary N) is 1. The van der Waals surface area contributed by atoms with Gasteiger partial charge >= 0.3 is 0 Å². The van der Waals surface area contributed by atoms with E-state index in [1.54, 1.807) is 0 Å². The van der Waals surface area contributed by atoms with Gasteiger partial charge in [0.1, 0.15) is 0 Å².